The largest absolute Gasteiger partial charge is 0.381 e. The van der Waals surface area contributed by atoms with Crippen molar-refractivity contribution in [3.05, 3.63) is 29.8 Å². The molecule has 1 aromatic carbocycles. The third-order valence-corrected chi connectivity index (χ3v) is 5.60. The fraction of sp³-hybridized carbons (Fsp3) is 0.682. The molecule has 1 atom stereocenters. The molecule has 0 saturated carbocycles. The molecule has 3 rings (SSSR count). The van der Waals surface area contributed by atoms with Crippen molar-refractivity contribution in [2.24, 2.45) is 10.9 Å². The standard InChI is InChI=1S/C22H36N4O2.HI/c1-18-4-6-21(7-5-18)26-12-8-20(16-26)25-22(23-2)24-11-3-13-28-17-19-9-14-27-15-10-19;/h4-7,19-20H,3,8-17H2,1-2H3,(H2,23,24,25);1H. The Morgan fingerprint density at radius 1 is 1.21 bits per heavy atom. The van der Waals surface area contributed by atoms with Crippen molar-refractivity contribution in [1.82, 2.24) is 10.6 Å². The van der Waals surface area contributed by atoms with E-state index < -0.39 is 0 Å². The minimum absolute atomic E-state index is 0. The Labute approximate surface area is 192 Å². The number of hydrogen-bond acceptors (Lipinski definition) is 4. The van der Waals surface area contributed by atoms with Crippen LogP contribution in [-0.2, 0) is 9.47 Å². The lowest BCUT2D eigenvalue weighted by atomic mass is 10.0. The van der Waals surface area contributed by atoms with Crippen LogP contribution in [0.15, 0.2) is 29.3 Å². The number of aryl methyl sites for hydroxylation is 1. The molecule has 0 bridgehead atoms. The lowest BCUT2D eigenvalue weighted by Crippen LogP contribution is -2.45. The van der Waals surface area contributed by atoms with Crippen LogP contribution in [0, 0.1) is 12.8 Å². The predicted molar refractivity (Wildman–Crippen MR) is 131 cm³/mol. The average Bonchev–Trinajstić information content (AvgIpc) is 3.19. The maximum absolute atomic E-state index is 5.83. The van der Waals surface area contributed by atoms with Gasteiger partial charge in [0.2, 0.25) is 0 Å². The molecule has 2 N–H and O–H groups in total. The highest BCUT2D eigenvalue weighted by atomic mass is 127. The lowest BCUT2D eigenvalue weighted by molar-refractivity contribution is 0.0203. The molecule has 0 spiro atoms. The normalized spacial score (nSPS) is 20.4. The SMILES string of the molecule is CN=C(NCCCOCC1CCOCC1)NC1CCN(c2ccc(C)cc2)C1.I. The molecule has 2 heterocycles. The molecule has 1 unspecified atom stereocenters. The number of nitrogens with one attached hydrogen (secondary N) is 2. The molecule has 164 valence electrons. The van der Waals surface area contributed by atoms with E-state index in [0.717, 1.165) is 77.7 Å². The van der Waals surface area contributed by atoms with Gasteiger partial charge in [0.05, 0.1) is 0 Å². The van der Waals surface area contributed by atoms with E-state index in [1.54, 1.807) is 0 Å². The van der Waals surface area contributed by atoms with Crippen LogP contribution in [0.4, 0.5) is 5.69 Å². The van der Waals surface area contributed by atoms with Crippen LogP contribution in [0.1, 0.15) is 31.2 Å². The zero-order chi connectivity index (χ0) is 19.6. The number of anilines is 1. The first kappa shape index (κ1) is 24.2. The third kappa shape index (κ3) is 8.30. The fourth-order valence-electron chi connectivity index (χ4n) is 3.80. The molecule has 6 nitrogen and oxygen atoms in total. The molecule has 0 radical (unpaired) electrons. The summed E-state index contributed by atoms with van der Waals surface area (Å²) < 4.78 is 11.2. The molecule has 29 heavy (non-hydrogen) atoms. The molecule has 7 heteroatoms. The van der Waals surface area contributed by atoms with Crippen LogP contribution >= 0.6 is 24.0 Å². The molecule has 2 aliphatic heterocycles. The summed E-state index contributed by atoms with van der Waals surface area (Å²) in [6.45, 7) is 8.54. The fourth-order valence-corrected chi connectivity index (χ4v) is 3.80. The number of guanidine groups is 1. The Hall–Kier alpha value is -1.06. The molecule has 0 aromatic heterocycles. The van der Waals surface area contributed by atoms with Gasteiger partial charge in [-0.15, -0.1) is 24.0 Å². The summed E-state index contributed by atoms with van der Waals surface area (Å²) in [4.78, 5) is 6.81. The van der Waals surface area contributed by atoms with Gasteiger partial charge in [0, 0.05) is 64.8 Å². The quantitative estimate of drug-likeness (QED) is 0.241. The first-order chi connectivity index (χ1) is 13.7. The monoisotopic (exact) mass is 516 g/mol. The molecular weight excluding hydrogens is 479 g/mol. The molecule has 0 aliphatic carbocycles. The first-order valence-electron chi connectivity index (χ1n) is 10.7. The van der Waals surface area contributed by atoms with Crippen molar-refractivity contribution in [1.29, 1.82) is 0 Å². The highest BCUT2D eigenvalue weighted by Gasteiger charge is 2.23. The van der Waals surface area contributed by atoms with Gasteiger partial charge < -0.3 is 25.0 Å². The van der Waals surface area contributed by atoms with Crippen molar-refractivity contribution in [3.63, 3.8) is 0 Å². The van der Waals surface area contributed by atoms with Gasteiger partial charge in [-0.05, 0) is 50.7 Å². The molecule has 0 amide bonds. The van der Waals surface area contributed by atoms with Crippen molar-refractivity contribution in [2.45, 2.75) is 38.6 Å². The second kappa shape index (κ2) is 13.3. The summed E-state index contributed by atoms with van der Waals surface area (Å²) >= 11 is 0. The van der Waals surface area contributed by atoms with Crippen LogP contribution in [0.3, 0.4) is 0 Å². The van der Waals surface area contributed by atoms with E-state index in [1.807, 2.05) is 7.05 Å². The zero-order valence-electron chi connectivity index (χ0n) is 17.9. The summed E-state index contributed by atoms with van der Waals surface area (Å²) in [5.74, 6) is 1.56. The third-order valence-electron chi connectivity index (χ3n) is 5.60. The topological polar surface area (TPSA) is 58.1 Å². The Morgan fingerprint density at radius 3 is 2.69 bits per heavy atom. The smallest absolute Gasteiger partial charge is 0.191 e. The van der Waals surface area contributed by atoms with E-state index in [-0.39, 0.29) is 24.0 Å². The minimum Gasteiger partial charge on any atom is -0.381 e. The second-order valence-electron chi connectivity index (χ2n) is 7.89. The molecule has 2 fully saturated rings. The number of halogens is 1. The molecule has 2 aliphatic rings. The van der Waals surface area contributed by atoms with E-state index in [4.69, 9.17) is 9.47 Å². The van der Waals surface area contributed by atoms with Crippen LogP contribution in [0.2, 0.25) is 0 Å². The van der Waals surface area contributed by atoms with Gasteiger partial charge in [-0.2, -0.15) is 0 Å². The number of benzene rings is 1. The van der Waals surface area contributed by atoms with Crippen LogP contribution in [0.5, 0.6) is 0 Å². The van der Waals surface area contributed by atoms with E-state index in [1.165, 1.54) is 11.3 Å². The van der Waals surface area contributed by atoms with Gasteiger partial charge in [0.15, 0.2) is 5.96 Å². The first-order valence-corrected chi connectivity index (χ1v) is 10.7. The average molecular weight is 516 g/mol. The Kier molecular flexibility index (Phi) is 11.1. The minimum atomic E-state index is 0. The van der Waals surface area contributed by atoms with Gasteiger partial charge in [0.1, 0.15) is 0 Å². The zero-order valence-corrected chi connectivity index (χ0v) is 20.2. The maximum Gasteiger partial charge on any atom is 0.191 e. The molecule has 1 aromatic rings. The number of hydrogen-bond donors (Lipinski definition) is 2. The van der Waals surface area contributed by atoms with E-state index in [0.29, 0.717) is 12.0 Å². The number of aliphatic imine (C=N–C) groups is 1. The van der Waals surface area contributed by atoms with Crippen LogP contribution < -0.4 is 15.5 Å². The lowest BCUT2D eigenvalue weighted by Gasteiger charge is -2.22. The van der Waals surface area contributed by atoms with E-state index in [2.05, 4.69) is 51.7 Å². The van der Waals surface area contributed by atoms with Crippen LogP contribution in [-0.4, -0.2) is 65.1 Å². The summed E-state index contributed by atoms with van der Waals surface area (Å²) in [7, 11) is 1.84. The Morgan fingerprint density at radius 2 is 1.97 bits per heavy atom. The molecule has 2 saturated heterocycles. The Bertz CT molecular complexity index is 605. The highest BCUT2D eigenvalue weighted by molar-refractivity contribution is 14.0. The van der Waals surface area contributed by atoms with Crippen molar-refractivity contribution in [3.8, 4) is 0 Å². The van der Waals surface area contributed by atoms with E-state index >= 15 is 0 Å². The summed E-state index contributed by atoms with van der Waals surface area (Å²) in [6, 6.07) is 9.22. The number of rotatable bonds is 8. The summed E-state index contributed by atoms with van der Waals surface area (Å²) in [6.07, 6.45) is 4.39. The van der Waals surface area contributed by atoms with Crippen molar-refractivity contribution >= 4 is 35.6 Å². The van der Waals surface area contributed by atoms with Gasteiger partial charge in [-0.25, -0.2) is 0 Å². The number of ether oxygens (including phenoxy) is 2. The maximum atomic E-state index is 5.83. The van der Waals surface area contributed by atoms with Crippen LogP contribution in [0.25, 0.3) is 0 Å². The summed E-state index contributed by atoms with van der Waals surface area (Å²) in [5, 5.41) is 6.98. The highest BCUT2D eigenvalue weighted by Crippen LogP contribution is 2.20. The van der Waals surface area contributed by atoms with Gasteiger partial charge in [-0.3, -0.25) is 4.99 Å². The molecular formula is C22H37IN4O2. The van der Waals surface area contributed by atoms with Gasteiger partial charge in [0.25, 0.3) is 0 Å². The van der Waals surface area contributed by atoms with Gasteiger partial charge in [-0.1, -0.05) is 17.7 Å². The number of nitrogens with zero attached hydrogens (tertiary/aromatic N) is 2. The Balaban J connectivity index is 0.00000300. The summed E-state index contributed by atoms with van der Waals surface area (Å²) in [5.41, 5.74) is 2.61. The second-order valence-corrected chi connectivity index (χ2v) is 7.89. The predicted octanol–water partition coefficient (Wildman–Crippen LogP) is 3.19. The van der Waals surface area contributed by atoms with Crippen molar-refractivity contribution < 1.29 is 9.47 Å². The van der Waals surface area contributed by atoms with E-state index in [9.17, 15) is 0 Å². The van der Waals surface area contributed by atoms with Gasteiger partial charge >= 0.3 is 0 Å². The van der Waals surface area contributed by atoms with Crippen molar-refractivity contribution in [2.75, 3.05) is 58.0 Å².